The van der Waals surface area contributed by atoms with Crippen molar-refractivity contribution in [2.45, 2.75) is 38.8 Å². The summed E-state index contributed by atoms with van der Waals surface area (Å²) in [6.07, 6.45) is -0.174. The van der Waals surface area contributed by atoms with Gasteiger partial charge in [0, 0.05) is 0 Å². The number of hydrogen-bond acceptors (Lipinski definition) is 4. The maximum absolute atomic E-state index is 11.9. The van der Waals surface area contributed by atoms with E-state index in [-0.39, 0.29) is 6.42 Å². The van der Waals surface area contributed by atoms with E-state index < -0.39 is 23.6 Å². The summed E-state index contributed by atoms with van der Waals surface area (Å²) in [5, 5.41) is 8.84. The zero-order valence-electron chi connectivity index (χ0n) is 11.3. The van der Waals surface area contributed by atoms with Crippen molar-refractivity contribution in [2.75, 3.05) is 0 Å². The Balaban J connectivity index is 2.96. The SMILES string of the molecule is CC(C)(C)OC(=O)[C@@H](N)c1ccccc1CC(=O)O. The average Bonchev–Trinajstić information content (AvgIpc) is 2.25. The lowest BCUT2D eigenvalue weighted by molar-refractivity contribution is -0.156. The third kappa shape index (κ3) is 4.71. The van der Waals surface area contributed by atoms with Crippen LogP contribution < -0.4 is 5.73 Å². The molecule has 0 aliphatic heterocycles. The maximum atomic E-state index is 11.9. The molecule has 0 amide bonds. The van der Waals surface area contributed by atoms with Gasteiger partial charge < -0.3 is 15.6 Å². The number of carbonyl (C=O) groups excluding carboxylic acids is 1. The third-order valence-electron chi connectivity index (χ3n) is 2.39. The summed E-state index contributed by atoms with van der Waals surface area (Å²) >= 11 is 0. The van der Waals surface area contributed by atoms with Gasteiger partial charge in [-0.15, -0.1) is 0 Å². The van der Waals surface area contributed by atoms with Crippen LogP contribution in [0.1, 0.15) is 37.9 Å². The summed E-state index contributed by atoms with van der Waals surface area (Å²) < 4.78 is 5.20. The van der Waals surface area contributed by atoms with E-state index >= 15 is 0 Å². The van der Waals surface area contributed by atoms with E-state index in [4.69, 9.17) is 15.6 Å². The molecule has 0 spiro atoms. The predicted molar refractivity (Wildman–Crippen MR) is 70.6 cm³/mol. The highest BCUT2D eigenvalue weighted by Gasteiger charge is 2.25. The Hall–Kier alpha value is -1.88. The molecule has 1 aromatic rings. The molecule has 0 fully saturated rings. The summed E-state index contributed by atoms with van der Waals surface area (Å²) in [6.45, 7) is 5.25. The molecule has 0 saturated heterocycles. The molecule has 0 aromatic heterocycles. The van der Waals surface area contributed by atoms with Gasteiger partial charge in [0.1, 0.15) is 11.6 Å². The molecule has 5 heteroatoms. The molecule has 1 rings (SSSR count). The Labute approximate surface area is 112 Å². The standard InChI is InChI=1S/C14H19NO4/c1-14(2,3)19-13(18)12(15)10-7-5-4-6-9(10)8-11(16)17/h4-7,12H,8,15H2,1-3H3,(H,16,17)/t12-/m0/s1. The molecule has 0 heterocycles. The van der Waals surface area contributed by atoms with Crippen LogP contribution in [0.2, 0.25) is 0 Å². The van der Waals surface area contributed by atoms with E-state index in [2.05, 4.69) is 0 Å². The van der Waals surface area contributed by atoms with Crippen LogP contribution >= 0.6 is 0 Å². The minimum Gasteiger partial charge on any atom is -0.481 e. The van der Waals surface area contributed by atoms with Crippen LogP contribution in [0.15, 0.2) is 24.3 Å². The van der Waals surface area contributed by atoms with Crippen molar-refractivity contribution < 1.29 is 19.4 Å². The van der Waals surface area contributed by atoms with Crippen molar-refractivity contribution in [3.05, 3.63) is 35.4 Å². The molecular formula is C14H19NO4. The van der Waals surface area contributed by atoms with Crippen LogP contribution in [-0.2, 0) is 20.7 Å². The summed E-state index contributed by atoms with van der Waals surface area (Å²) in [5.74, 6) is -1.53. The Morgan fingerprint density at radius 1 is 1.32 bits per heavy atom. The Morgan fingerprint density at radius 3 is 2.42 bits per heavy atom. The minimum atomic E-state index is -0.977. The van der Waals surface area contributed by atoms with Gasteiger partial charge in [0.05, 0.1) is 6.42 Å². The second kappa shape index (κ2) is 5.84. The smallest absolute Gasteiger partial charge is 0.328 e. The molecule has 3 N–H and O–H groups in total. The summed E-state index contributed by atoms with van der Waals surface area (Å²) in [6, 6.07) is 5.74. The van der Waals surface area contributed by atoms with Crippen molar-refractivity contribution in [1.29, 1.82) is 0 Å². The maximum Gasteiger partial charge on any atom is 0.328 e. The average molecular weight is 265 g/mol. The number of aliphatic carboxylic acids is 1. The lowest BCUT2D eigenvalue weighted by Crippen LogP contribution is -2.32. The molecule has 0 radical (unpaired) electrons. The van der Waals surface area contributed by atoms with Gasteiger partial charge in [-0.25, -0.2) is 4.79 Å². The van der Waals surface area contributed by atoms with Crippen LogP contribution in [-0.4, -0.2) is 22.6 Å². The lowest BCUT2D eigenvalue weighted by atomic mass is 9.98. The highest BCUT2D eigenvalue weighted by atomic mass is 16.6. The van der Waals surface area contributed by atoms with Crippen molar-refractivity contribution in [3.63, 3.8) is 0 Å². The fraction of sp³-hybridized carbons (Fsp3) is 0.429. The van der Waals surface area contributed by atoms with Crippen molar-refractivity contribution in [3.8, 4) is 0 Å². The van der Waals surface area contributed by atoms with Gasteiger partial charge >= 0.3 is 11.9 Å². The zero-order chi connectivity index (χ0) is 14.6. The molecule has 19 heavy (non-hydrogen) atoms. The Bertz CT molecular complexity index is 477. The van der Waals surface area contributed by atoms with Crippen molar-refractivity contribution >= 4 is 11.9 Å². The van der Waals surface area contributed by atoms with Crippen LogP contribution in [0.5, 0.6) is 0 Å². The molecule has 0 bridgehead atoms. The van der Waals surface area contributed by atoms with Gasteiger partial charge in [-0.2, -0.15) is 0 Å². The molecule has 5 nitrogen and oxygen atoms in total. The van der Waals surface area contributed by atoms with Gasteiger partial charge in [-0.3, -0.25) is 4.79 Å². The quantitative estimate of drug-likeness (QED) is 0.808. The summed E-state index contributed by atoms with van der Waals surface area (Å²) in [4.78, 5) is 22.7. The monoisotopic (exact) mass is 265 g/mol. The second-order valence-electron chi connectivity index (χ2n) is 5.28. The Morgan fingerprint density at radius 2 is 1.89 bits per heavy atom. The first-order valence-corrected chi connectivity index (χ1v) is 5.99. The number of esters is 1. The van der Waals surface area contributed by atoms with Crippen LogP contribution in [0.3, 0.4) is 0 Å². The number of carboxylic acid groups (broad SMARTS) is 1. The largest absolute Gasteiger partial charge is 0.481 e. The molecule has 0 saturated carbocycles. The number of ether oxygens (including phenoxy) is 1. The molecule has 0 aliphatic rings. The zero-order valence-corrected chi connectivity index (χ0v) is 11.3. The second-order valence-corrected chi connectivity index (χ2v) is 5.28. The first-order valence-electron chi connectivity index (χ1n) is 5.99. The van der Waals surface area contributed by atoms with Gasteiger partial charge in [-0.1, -0.05) is 24.3 Å². The number of nitrogens with two attached hydrogens (primary N) is 1. The van der Waals surface area contributed by atoms with E-state index in [9.17, 15) is 9.59 Å². The normalized spacial score (nSPS) is 12.8. The third-order valence-corrected chi connectivity index (χ3v) is 2.39. The highest BCUT2D eigenvalue weighted by Crippen LogP contribution is 2.20. The van der Waals surface area contributed by atoms with Crippen molar-refractivity contribution in [1.82, 2.24) is 0 Å². The van der Waals surface area contributed by atoms with Gasteiger partial charge in [0.15, 0.2) is 0 Å². The van der Waals surface area contributed by atoms with Crippen LogP contribution in [0.25, 0.3) is 0 Å². The number of benzene rings is 1. The number of carbonyl (C=O) groups is 2. The van der Waals surface area contributed by atoms with Crippen LogP contribution in [0.4, 0.5) is 0 Å². The summed E-state index contributed by atoms with van der Waals surface area (Å²) in [5.41, 5.74) is 6.23. The number of hydrogen-bond donors (Lipinski definition) is 2. The fourth-order valence-corrected chi connectivity index (χ4v) is 1.65. The van der Waals surface area contributed by atoms with Gasteiger partial charge in [0.25, 0.3) is 0 Å². The molecule has 0 aliphatic carbocycles. The highest BCUT2D eigenvalue weighted by molar-refractivity contribution is 5.79. The fourth-order valence-electron chi connectivity index (χ4n) is 1.65. The molecule has 1 aromatic carbocycles. The number of carboxylic acids is 1. The first kappa shape index (κ1) is 15.2. The molecule has 104 valence electrons. The van der Waals surface area contributed by atoms with E-state index in [1.165, 1.54) is 0 Å². The van der Waals surface area contributed by atoms with Crippen molar-refractivity contribution in [2.24, 2.45) is 5.73 Å². The Kier molecular flexibility index (Phi) is 4.67. The van der Waals surface area contributed by atoms with E-state index in [1.54, 1.807) is 45.0 Å². The molecular weight excluding hydrogens is 246 g/mol. The lowest BCUT2D eigenvalue weighted by Gasteiger charge is -2.23. The number of rotatable bonds is 4. The molecule has 1 atom stereocenters. The topological polar surface area (TPSA) is 89.6 Å². The molecule has 0 unspecified atom stereocenters. The van der Waals surface area contributed by atoms with Crippen LogP contribution in [0, 0.1) is 0 Å². The minimum absolute atomic E-state index is 0.174. The van der Waals surface area contributed by atoms with E-state index in [0.717, 1.165) is 0 Å². The van der Waals surface area contributed by atoms with Gasteiger partial charge in [-0.05, 0) is 31.9 Å². The first-order chi connectivity index (χ1) is 8.70. The van der Waals surface area contributed by atoms with E-state index in [1.807, 2.05) is 0 Å². The predicted octanol–water partition coefficient (Wildman–Crippen LogP) is 1.66. The van der Waals surface area contributed by atoms with Gasteiger partial charge in [0.2, 0.25) is 0 Å². The van der Waals surface area contributed by atoms with E-state index in [0.29, 0.717) is 11.1 Å². The summed E-state index contributed by atoms with van der Waals surface area (Å²) in [7, 11) is 0.